The minimum atomic E-state index is -0.366. The Bertz CT molecular complexity index is 2940. The van der Waals surface area contributed by atoms with Crippen molar-refractivity contribution in [2.75, 3.05) is 10.6 Å². The van der Waals surface area contributed by atoms with E-state index in [1.807, 2.05) is 24.3 Å². The summed E-state index contributed by atoms with van der Waals surface area (Å²) in [7, 11) is 0. The highest BCUT2D eigenvalue weighted by atomic mass is 16.2. The van der Waals surface area contributed by atoms with E-state index in [1.165, 1.54) is 0 Å². The van der Waals surface area contributed by atoms with E-state index in [0.717, 1.165) is 35.9 Å². The van der Waals surface area contributed by atoms with Crippen molar-refractivity contribution in [2.24, 2.45) is 0 Å². The van der Waals surface area contributed by atoms with Crippen molar-refractivity contribution < 1.29 is 28.8 Å². The largest absolute Gasteiger partial charge is 0.353 e. The summed E-state index contributed by atoms with van der Waals surface area (Å²) in [6.07, 6.45) is 2.93. The van der Waals surface area contributed by atoms with Crippen LogP contribution in [0.5, 0.6) is 0 Å². The van der Waals surface area contributed by atoms with Crippen molar-refractivity contribution in [3.8, 4) is 0 Å². The van der Waals surface area contributed by atoms with Crippen LogP contribution in [-0.4, -0.2) is 41.9 Å². The van der Waals surface area contributed by atoms with Crippen molar-refractivity contribution in [2.45, 2.75) is 0 Å². The molecule has 0 aliphatic heterocycles. The molecule has 55 heavy (non-hydrogen) atoms. The quantitative estimate of drug-likeness (QED) is 0.106. The van der Waals surface area contributed by atoms with Crippen molar-refractivity contribution in [1.82, 2.24) is 4.98 Å². The highest BCUT2D eigenvalue weighted by Crippen LogP contribution is 2.44. The highest BCUT2D eigenvalue weighted by Gasteiger charge is 2.24. The molecular formula is C46H27N3O6. The number of rotatable bonds is 8. The molecule has 9 aromatic rings. The van der Waals surface area contributed by atoms with Crippen LogP contribution in [0.25, 0.3) is 64.9 Å². The van der Waals surface area contributed by atoms with Gasteiger partial charge in [0.15, 0.2) is 25.1 Å². The Balaban J connectivity index is 1.32. The van der Waals surface area contributed by atoms with Crippen LogP contribution in [0.15, 0.2) is 121 Å². The second-order valence-corrected chi connectivity index (χ2v) is 13.2. The molecule has 0 aliphatic carbocycles. The second-order valence-electron chi connectivity index (χ2n) is 13.2. The topological polar surface area (TPSA) is 142 Å². The van der Waals surface area contributed by atoms with Crippen molar-refractivity contribution in [3.05, 3.63) is 155 Å². The van der Waals surface area contributed by atoms with Crippen LogP contribution in [0.3, 0.4) is 0 Å². The van der Waals surface area contributed by atoms with E-state index >= 15 is 0 Å². The summed E-state index contributed by atoms with van der Waals surface area (Å²) in [5, 5.41) is 11.1. The number of hydrogen-bond acceptors (Lipinski definition) is 6. The summed E-state index contributed by atoms with van der Waals surface area (Å²) in [6.45, 7) is 0. The monoisotopic (exact) mass is 717 g/mol. The third kappa shape index (κ3) is 5.02. The minimum Gasteiger partial charge on any atom is -0.353 e. The van der Waals surface area contributed by atoms with E-state index in [4.69, 9.17) is 0 Å². The summed E-state index contributed by atoms with van der Waals surface area (Å²) >= 11 is 0. The average Bonchev–Trinajstić information content (AvgIpc) is 3.62. The van der Waals surface area contributed by atoms with E-state index in [9.17, 15) is 28.8 Å². The number of amides is 2. The second kappa shape index (κ2) is 13.0. The van der Waals surface area contributed by atoms with E-state index in [-0.39, 0.29) is 22.9 Å². The van der Waals surface area contributed by atoms with E-state index < -0.39 is 0 Å². The molecule has 262 valence electrons. The molecule has 3 N–H and O–H groups in total. The molecule has 0 atom stereocenters. The summed E-state index contributed by atoms with van der Waals surface area (Å²) in [5.41, 5.74) is 3.93. The van der Waals surface area contributed by atoms with Crippen molar-refractivity contribution in [1.29, 1.82) is 0 Å². The molecule has 2 amide bonds. The van der Waals surface area contributed by atoms with Crippen LogP contribution in [0.4, 0.5) is 11.4 Å². The van der Waals surface area contributed by atoms with E-state index in [1.54, 1.807) is 97.1 Å². The van der Waals surface area contributed by atoms with Gasteiger partial charge in [0, 0.05) is 77.1 Å². The molecule has 1 aromatic heterocycles. The number of aromatic nitrogens is 1. The number of H-pyrrole nitrogens is 1. The Morgan fingerprint density at radius 1 is 0.382 bits per heavy atom. The predicted octanol–water partition coefficient (Wildman–Crippen LogP) is 9.69. The number of benzene rings is 8. The van der Waals surface area contributed by atoms with Crippen LogP contribution in [0.1, 0.15) is 62.1 Å². The molecule has 0 unspecified atom stereocenters. The number of aromatic amines is 1. The van der Waals surface area contributed by atoms with Gasteiger partial charge in [-0.15, -0.1) is 0 Å². The standard InChI is InChI=1S/C46H27N3O6/c50-21-33-29-17-19-31-32-20-18-30-34(22-51)40-28(14-8-16-38(40)48-46(55)26-11-5-2-6-12-26)36(24-53)42(30)44(32)49-43(31)41(29)35(23-52)27-13-7-15-37(39(27)33)47-45(54)25-9-3-1-4-10-25/h1-24,49H,(H,47,54)(H,48,55). The van der Waals surface area contributed by atoms with Gasteiger partial charge in [-0.1, -0.05) is 84.9 Å². The Labute approximate surface area is 311 Å². The maximum Gasteiger partial charge on any atom is 0.255 e. The van der Waals surface area contributed by atoms with Gasteiger partial charge in [0.2, 0.25) is 0 Å². The van der Waals surface area contributed by atoms with Crippen LogP contribution >= 0.6 is 0 Å². The van der Waals surface area contributed by atoms with Gasteiger partial charge in [-0.2, -0.15) is 0 Å². The summed E-state index contributed by atoms with van der Waals surface area (Å²) in [4.78, 5) is 82.0. The number of nitrogens with one attached hydrogen (secondary N) is 3. The van der Waals surface area contributed by atoms with E-state index in [0.29, 0.717) is 87.8 Å². The fourth-order valence-electron chi connectivity index (χ4n) is 7.99. The van der Waals surface area contributed by atoms with Gasteiger partial charge in [-0.05, 0) is 57.9 Å². The average molecular weight is 718 g/mol. The van der Waals surface area contributed by atoms with Gasteiger partial charge < -0.3 is 15.6 Å². The number of hydrogen-bond donors (Lipinski definition) is 3. The molecular weight excluding hydrogens is 691 g/mol. The lowest BCUT2D eigenvalue weighted by molar-refractivity contribution is 0.101. The lowest BCUT2D eigenvalue weighted by Crippen LogP contribution is -2.12. The van der Waals surface area contributed by atoms with Gasteiger partial charge in [0.05, 0.1) is 11.0 Å². The van der Waals surface area contributed by atoms with Crippen LogP contribution in [0, 0.1) is 0 Å². The van der Waals surface area contributed by atoms with Gasteiger partial charge in [0.25, 0.3) is 11.8 Å². The third-order valence-corrected chi connectivity index (χ3v) is 10.4. The number of carbonyl (C=O) groups excluding carboxylic acids is 6. The smallest absolute Gasteiger partial charge is 0.255 e. The Morgan fingerprint density at radius 2 is 0.727 bits per heavy atom. The maximum atomic E-state index is 13.2. The molecule has 0 spiro atoms. The zero-order valence-corrected chi connectivity index (χ0v) is 28.8. The fraction of sp³-hybridized carbons (Fsp3) is 0. The Kier molecular flexibility index (Phi) is 7.83. The van der Waals surface area contributed by atoms with Gasteiger partial charge >= 0.3 is 0 Å². The van der Waals surface area contributed by atoms with Crippen molar-refractivity contribution in [3.63, 3.8) is 0 Å². The summed E-state index contributed by atoms with van der Waals surface area (Å²) in [6, 6.07) is 34.9. The predicted molar refractivity (Wildman–Crippen MR) is 216 cm³/mol. The first kappa shape index (κ1) is 33.1. The molecule has 1 heterocycles. The highest BCUT2D eigenvalue weighted by molar-refractivity contribution is 6.34. The molecule has 9 nitrogen and oxygen atoms in total. The molecule has 0 aliphatic rings. The number of anilines is 2. The van der Waals surface area contributed by atoms with Crippen molar-refractivity contribution >= 4 is 113 Å². The molecule has 9 rings (SSSR count). The first-order valence-corrected chi connectivity index (χ1v) is 17.4. The summed E-state index contributed by atoms with van der Waals surface area (Å²) in [5.74, 6) is -0.732. The molecule has 0 saturated heterocycles. The molecule has 0 bridgehead atoms. The lowest BCUT2D eigenvalue weighted by atomic mass is 9.89. The van der Waals surface area contributed by atoms with Crippen LogP contribution in [0.2, 0.25) is 0 Å². The summed E-state index contributed by atoms with van der Waals surface area (Å²) < 4.78 is 0. The lowest BCUT2D eigenvalue weighted by Gasteiger charge is -2.16. The molecule has 0 radical (unpaired) electrons. The molecule has 0 saturated carbocycles. The molecule has 9 heteroatoms. The van der Waals surface area contributed by atoms with Gasteiger partial charge in [-0.3, -0.25) is 28.8 Å². The van der Waals surface area contributed by atoms with Crippen LogP contribution in [-0.2, 0) is 0 Å². The van der Waals surface area contributed by atoms with E-state index in [2.05, 4.69) is 15.6 Å². The zero-order valence-electron chi connectivity index (χ0n) is 28.8. The first-order chi connectivity index (χ1) is 27.0. The Morgan fingerprint density at radius 3 is 1.11 bits per heavy atom. The van der Waals surface area contributed by atoms with Gasteiger partial charge in [0.1, 0.15) is 0 Å². The molecule has 0 fully saturated rings. The zero-order chi connectivity index (χ0) is 37.8. The Hall–Kier alpha value is -7.78. The SMILES string of the molecule is O=Cc1c2ccc3c4ccc5c(C=O)c6c(NC(=O)c7ccccc7)cccc6c(C=O)c5c4[nH]c3c2c(C=O)c2cccc(NC(=O)c3ccccc3)c12. The number of fused-ring (bicyclic) bond motifs is 9. The maximum absolute atomic E-state index is 13.2. The van der Waals surface area contributed by atoms with Gasteiger partial charge in [-0.25, -0.2) is 0 Å². The molecule has 8 aromatic carbocycles. The normalized spacial score (nSPS) is 11.3. The minimum absolute atomic E-state index is 0.290. The fourth-order valence-corrected chi connectivity index (χ4v) is 7.99. The first-order valence-electron chi connectivity index (χ1n) is 17.4. The number of carbonyl (C=O) groups is 6. The number of aldehydes is 4. The third-order valence-electron chi connectivity index (χ3n) is 10.4. The van der Waals surface area contributed by atoms with Crippen LogP contribution < -0.4 is 10.6 Å².